The number of rotatable bonds is 9. The Morgan fingerprint density at radius 2 is 1.70 bits per heavy atom. The Morgan fingerprint density at radius 3 is 2.35 bits per heavy atom. The molecule has 0 aliphatic carbocycles. The zero-order chi connectivity index (χ0) is 28.9. The third kappa shape index (κ3) is 7.68. The Balaban J connectivity index is 1.57. The molecule has 2 heterocycles. The molecule has 1 aliphatic rings. The average molecular weight is 568 g/mol. The van der Waals surface area contributed by atoms with Gasteiger partial charge in [-0.1, -0.05) is 6.07 Å². The Kier molecular flexibility index (Phi) is 8.92. The second kappa shape index (κ2) is 12.2. The molecule has 0 atom stereocenters. The van der Waals surface area contributed by atoms with E-state index in [4.69, 9.17) is 4.74 Å². The minimum absolute atomic E-state index is 0.0814. The number of carbonyl (C=O) groups is 1. The maximum absolute atomic E-state index is 12.9. The molecule has 40 heavy (non-hydrogen) atoms. The zero-order valence-corrected chi connectivity index (χ0v) is 24.4. The van der Waals surface area contributed by atoms with Crippen molar-refractivity contribution in [1.29, 1.82) is 0 Å². The van der Waals surface area contributed by atoms with Crippen LogP contribution in [0.15, 0.2) is 59.6 Å². The van der Waals surface area contributed by atoms with Gasteiger partial charge in [0, 0.05) is 55.0 Å². The number of esters is 1. The topological polar surface area (TPSA) is 129 Å². The summed E-state index contributed by atoms with van der Waals surface area (Å²) < 4.78 is 33.5. The average Bonchev–Trinajstić information content (AvgIpc) is 2.89. The van der Waals surface area contributed by atoms with Gasteiger partial charge in [0.25, 0.3) is 0 Å². The first-order valence-corrected chi connectivity index (χ1v) is 14.7. The first-order valence-electron chi connectivity index (χ1n) is 13.2. The van der Waals surface area contributed by atoms with Crippen LogP contribution in [-0.2, 0) is 14.8 Å². The Morgan fingerprint density at radius 1 is 1.00 bits per heavy atom. The number of sulfonamides is 1. The van der Waals surface area contributed by atoms with Crippen LogP contribution in [0.3, 0.4) is 0 Å². The number of nitrogens with zero attached hydrogens (tertiary/aromatic N) is 4. The molecule has 3 aromatic rings. The van der Waals surface area contributed by atoms with Crippen molar-refractivity contribution in [1.82, 2.24) is 19.6 Å². The summed E-state index contributed by atoms with van der Waals surface area (Å²) in [5, 5.41) is 6.25. The van der Waals surface area contributed by atoms with Gasteiger partial charge in [-0.2, -0.15) is 4.98 Å². The highest BCUT2D eigenvalue weighted by molar-refractivity contribution is 7.89. The molecule has 0 bridgehead atoms. The SMILES string of the molecule is CCOC(=O)c1cnc(Nc2ccc(N3CCN(C)CC3)cc2)nc1Nc1cccc(S(=O)(=O)NC(C)(C)C)c1. The summed E-state index contributed by atoms with van der Waals surface area (Å²) in [6.45, 7) is 11.2. The number of piperazine rings is 1. The lowest BCUT2D eigenvalue weighted by Gasteiger charge is -2.34. The number of aromatic nitrogens is 2. The Hall–Kier alpha value is -3.74. The van der Waals surface area contributed by atoms with Crippen molar-refractivity contribution in [3.63, 3.8) is 0 Å². The molecule has 0 amide bonds. The molecule has 0 radical (unpaired) electrons. The van der Waals surface area contributed by atoms with Crippen molar-refractivity contribution in [2.45, 2.75) is 38.1 Å². The van der Waals surface area contributed by atoms with Crippen molar-refractivity contribution in [2.24, 2.45) is 0 Å². The highest BCUT2D eigenvalue weighted by atomic mass is 32.2. The first kappa shape index (κ1) is 29.2. The Labute approximate surface area is 236 Å². The summed E-state index contributed by atoms with van der Waals surface area (Å²) in [6.07, 6.45) is 1.38. The maximum atomic E-state index is 12.9. The molecule has 2 aromatic carbocycles. The van der Waals surface area contributed by atoms with Gasteiger partial charge in [0.15, 0.2) is 5.82 Å². The van der Waals surface area contributed by atoms with Crippen LogP contribution in [0, 0.1) is 0 Å². The molecular formula is C28H37N7O4S. The molecule has 1 aliphatic heterocycles. The molecule has 1 aromatic heterocycles. The molecule has 11 nitrogen and oxygen atoms in total. The predicted molar refractivity (Wildman–Crippen MR) is 157 cm³/mol. The normalized spacial score (nSPS) is 14.6. The molecule has 1 fully saturated rings. The highest BCUT2D eigenvalue weighted by Gasteiger charge is 2.23. The second-order valence-electron chi connectivity index (χ2n) is 10.6. The predicted octanol–water partition coefficient (Wildman–Crippen LogP) is 3.97. The third-order valence-corrected chi connectivity index (χ3v) is 7.88. The number of benzene rings is 2. The molecule has 1 saturated heterocycles. The van der Waals surface area contributed by atoms with Crippen LogP contribution in [0.4, 0.5) is 28.8 Å². The van der Waals surface area contributed by atoms with Crippen LogP contribution < -0.4 is 20.3 Å². The van der Waals surface area contributed by atoms with E-state index in [1.54, 1.807) is 39.8 Å². The standard InChI is InChI=1S/C28H37N7O4S/c1-6-39-26(36)24-19-29-27(31-20-10-12-22(13-11-20)35-16-14-34(5)15-17-35)32-25(24)30-21-8-7-9-23(18-21)40(37,38)33-28(2,3)4/h7-13,18-19,33H,6,14-17H2,1-5H3,(H2,29,30,31,32). The van der Waals surface area contributed by atoms with E-state index in [-0.39, 0.29) is 28.8 Å². The van der Waals surface area contributed by atoms with Gasteiger partial charge in [-0.25, -0.2) is 22.9 Å². The number of hydrogen-bond donors (Lipinski definition) is 3. The van der Waals surface area contributed by atoms with E-state index >= 15 is 0 Å². The van der Waals surface area contributed by atoms with Crippen molar-refractivity contribution >= 4 is 44.8 Å². The smallest absolute Gasteiger partial charge is 0.343 e. The van der Waals surface area contributed by atoms with Crippen molar-refractivity contribution in [3.8, 4) is 0 Å². The summed E-state index contributed by atoms with van der Waals surface area (Å²) in [5.41, 5.74) is 1.85. The summed E-state index contributed by atoms with van der Waals surface area (Å²) in [6, 6.07) is 14.3. The van der Waals surface area contributed by atoms with Gasteiger partial charge in [-0.3, -0.25) is 0 Å². The van der Waals surface area contributed by atoms with Crippen LogP contribution in [0.25, 0.3) is 0 Å². The van der Waals surface area contributed by atoms with E-state index < -0.39 is 21.5 Å². The summed E-state index contributed by atoms with van der Waals surface area (Å²) >= 11 is 0. The van der Waals surface area contributed by atoms with Crippen LogP contribution in [-0.4, -0.2) is 74.6 Å². The van der Waals surface area contributed by atoms with Gasteiger partial charge in [0.05, 0.1) is 11.5 Å². The molecule has 12 heteroatoms. The minimum Gasteiger partial charge on any atom is -0.462 e. The Bertz CT molecular complexity index is 1430. The van der Waals surface area contributed by atoms with E-state index in [2.05, 4.69) is 54.3 Å². The van der Waals surface area contributed by atoms with E-state index in [1.165, 1.54) is 18.3 Å². The first-order chi connectivity index (χ1) is 18.9. The molecule has 0 saturated carbocycles. The molecular weight excluding hydrogens is 530 g/mol. The second-order valence-corrected chi connectivity index (χ2v) is 12.3. The van der Waals surface area contributed by atoms with Gasteiger partial charge >= 0.3 is 5.97 Å². The quantitative estimate of drug-likeness (QED) is 0.327. The third-order valence-electron chi connectivity index (χ3n) is 6.12. The van der Waals surface area contributed by atoms with E-state index in [0.717, 1.165) is 37.6 Å². The molecule has 0 unspecified atom stereocenters. The van der Waals surface area contributed by atoms with Crippen LogP contribution in [0.1, 0.15) is 38.1 Å². The number of carbonyl (C=O) groups excluding carboxylic acids is 1. The van der Waals surface area contributed by atoms with E-state index in [1.807, 2.05) is 12.1 Å². The fourth-order valence-corrected chi connectivity index (χ4v) is 5.65. The summed E-state index contributed by atoms with van der Waals surface area (Å²) in [5.74, 6) is -0.143. The molecule has 214 valence electrons. The maximum Gasteiger partial charge on any atom is 0.343 e. The van der Waals surface area contributed by atoms with Crippen molar-refractivity contribution in [3.05, 3.63) is 60.3 Å². The lowest BCUT2D eigenvalue weighted by molar-refractivity contribution is 0.0526. The van der Waals surface area contributed by atoms with Gasteiger partial charge in [0.2, 0.25) is 16.0 Å². The number of nitrogens with one attached hydrogen (secondary N) is 3. The summed E-state index contributed by atoms with van der Waals surface area (Å²) in [4.78, 5) is 26.2. The van der Waals surface area contributed by atoms with Crippen LogP contribution in [0.2, 0.25) is 0 Å². The molecule has 0 spiro atoms. The van der Waals surface area contributed by atoms with Gasteiger partial charge in [-0.15, -0.1) is 0 Å². The number of anilines is 5. The van der Waals surface area contributed by atoms with Crippen molar-refractivity contribution < 1.29 is 17.9 Å². The minimum atomic E-state index is -3.76. The number of hydrogen-bond acceptors (Lipinski definition) is 10. The fourth-order valence-electron chi connectivity index (χ4n) is 4.18. The summed E-state index contributed by atoms with van der Waals surface area (Å²) in [7, 11) is -1.64. The molecule has 4 rings (SSSR count). The molecule has 3 N–H and O–H groups in total. The van der Waals surface area contributed by atoms with Gasteiger partial charge in [0.1, 0.15) is 5.56 Å². The zero-order valence-electron chi connectivity index (χ0n) is 23.6. The number of ether oxygens (including phenoxy) is 1. The fraction of sp³-hybridized carbons (Fsp3) is 0.393. The van der Waals surface area contributed by atoms with E-state index in [9.17, 15) is 13.2 Å². The van der Waals surface area contributed by atoms with Crippen LogP contribution in [0.5, 0.6) is 0 Å². The van der Waals surface area contributed by atoms with Gasteiger partial charge in [-0.05, 0) is 77.2 Å². The van der Waals surface area contributed by atoms with Gasteiger partial charge < -0.3 is 25.2 Å². The monoisotopic (exact) mass is 567 g/mol. The lowest BCUT2D eigenvalue weighted by Crippen LogP contribution is -2.44. The lowest BCUT2D eigenvalue weighted by atomic mass is 10.1. The largest absolute Gasteiger partial charge is 0.462 e. The van der Waals surface area contributed by atoms with E-state index in [0.29, 0.717) is 5.69 Å². The highest BCUT2D eigenvalue weighted by Crippen LogP contribution is 2.26. The van der Waals surface area contributed by atoms with Crippen molar-refractivity contribution in [2.75, 3.05) is 55.4 Å². The van der Waals surface area contributed by atoms with Crippen LogP contribution >= 0.6 is 0 Å². The number of likely N-dealkylation sites (N-methyl/N-ethyl adjacent to an activating group) is 1.